The van der Waals surface area contributed by atoms with Crippen LogP contribution >= 0.6 is 11.8 Å². The van der Waals surface area contributed by atoms with Crippen molar-refractivity contribution >= 4 is 52.1 Å². The lowest BCUT2D eigenvalue weighted by molar-refractivity contribution is -0.129. The molecule has 0 aromatic heterocycles. The Morgan fingerprint density at radius 3 is 2.27 bits per heavy atom. The van der Waals surface area contributed by atoms with E-state index in [4.69, 9.17) is 14.5 Å². The summed E-state index contributed by atoms with van der Waals surface area (Å²) in [5.41, 5.74) is 2.98. The van der Waals surface area contributed by atoms with Gasteiger partial charge in [-0.15, -0.1) is 0 Å². The Kier molecular flexibility index (Phi) is 10.3. The van der Waals surface area contributed by atoms with E-state index >= 15 is 0 Å². The Bertz CT molecular complexity index is 1410. The Balaban J connectivity index is 1.51. The number of rotatable bonds is 10. The fourth-order valence-corrected chi connectivity index (χ4v) is 5.30. The second kappa shape index (κ2) is 14.3. The fourth-order valence-electron chi connectivity index (χ4n) is 4.17. The highest BCUT2D eigenvalue weighted by Gasteiger charge is 2.35. The number of anilines is 1. The normalized spacial score (nSPS) is 15.9. The highest BCUT2D eigenvalue weighted by molar-refractivity contribution is 8.15. The molecular weight excluding hydrogens is 542 g/mol. The van der Waals surface area contributed by atoms with Gasteiger partial charge < -0.3 is 14.8 Å². The topological polar surface area (TPSA) is 114 Å². The van der Waals surface area contributed by atoms with Crippen molar-refractivity contribution in [2.24, 2.45) is 4.99 Å². The number of nitrogens with one attached hydrogen (secondary N) is 1. The lowest BCUT2D eigenvalue weighted by Gasteiger charge is -2.32. The van der Waals surface area contributed by atoms with Gasteiger partial charge in [-0.05, 0) is 73.9 Å². The molecule has 1 saturated heterocycles. The third-order valence-electron chi connectivity index (χ3n) is 6.30. The van der Waals surface area contributed by atoms with E-state index in [1.807, 2.05) is 30.3 Å². The van der Waals surface area contributed by atoms with Crippen LogP contribution in [0.1, 0.15) is 46.0 Å². The SMILES string of the molecule is CCOC(=O)c1ccc(N=C2SC(C(=O)Nc3ccc(C(=O)OC)cc3)CC(=O)N2CCCc2ccccc2)cc1. The number of methoxy groups -OCH3 is 1. The first-order chi connectivity index (χ1) is 19.9. The summed E-state index contributed by atoms with van der Waals surface area (Å²) in [6, 6.07) is 22.9. The Labute approximate surface area is 242 Å². The van der Waals surface area contributed by atoms with Crippen molar-refractivity contribution in [2.75, 3.05) is 25.6 Å². The maximum absolute atomic E-state index is 13.3. The van der Waals surface area contributed by atoms with Crippen molar-refractivity contribution in [3.63, 3.8) is 0 Å². The summed E-state index contributed by atoms with van der Waals surface area (Å²) >= 11 is 1.22. The number of aryl methyl sites for hydroxylation is 1. The number of hydrogen-bond donors (Lipinski definition) is 1. The summed E-state index contributed by atoms with van der Waals surface area (Å²) in [5, 5.41) is 2.54. The van der Waals surface area contributed by atoms with E-state index in [9.17, 15) is 19.2 Å². The third kappa shape index (κ3) is 8.04. The number of amides is 2. The van der Waals surface area contributed by atoms with Crippen LogP contribution in [-0.2, 0) is 25.5 Å². The summed E-state index contributed by atoms with van der Waals surface area (Å²) in [4.78, 5) is 56.5. The maximum Gasteiger partial charge on any atom is 0.338 e. The molecule has 41 heavy (non-hydrogen) atoms. The van der Waals surface area contributed by atoms with E-state index < -0.39 is 17.2 Å². The molecule has 0 aliphatic carbocycles. The van der Waals surface area contributed by atoms with Gasteiger partial charge in [0.15, 0.2) is 5.17 Å². The third-order valence-corrected chi connectivity index (χ3v) is 7.49. The molecule has 1 N–H and O–H groups in total. The molecular formula is C31H31N3O6S. The van der Waals surface area contributed by atoms with Crippen LogP contribution in [-0.4, -0.2) is 59.3 Å². The molecule has 10 heteroatoms. The predicted octanol–water partition coefficient (Wildman–Crippen LogP) is 5.24. The van der Waals surface area contributed by atoms with Crippen molar-refractivity contribution in [3.05, 3.63) is 95.6 Å². The average Bonchev–Trinajstić information content (AvgIpc) is 2.99. The number of esters is 2. The van der Waals surface area contributed by atoms with E-state index in [2.05, 4.69) is 5.32 Å². The van der Waals surface area contributed by atoms with E-state index in [-0.39, 0.29) is 24.8 Å². The second-order valence-corrected chi connectivity index (χ2v) is 10.3. The minimum atomic E-state index is -0.703. The van der Waals surface area contributed by atoms with E-state index in [0.717, 1.165) is 12.8 Å². The molecule has 1 aliphatic rings. The minimum Gasteiger partial charge on any atom is -0.465 e. The van der Waals surface area contributed by atoms with Crippen LogP contribution in [0.2, 0.25) is 0 Å². The molecule has 4 rings (SSSR count). The van der Waals surface area contributed by atoms with Crippen LogP contribution in [0.3, 0.4) is 0 Å². The van der Waals surface area contributed by atoms with Crippen molar-refractivity contribution in [3.8, 4) is 0 Å². The van der Waals surface area contributed by atoms with Gasteiger partial charge >= 0.3 is 11.9 Å². The highest BCUT2D eigenvalue weighted by Crippen LogP contribution is 2.30. The zero-order valence-corrected chi connectivity index (χ0v) is 23.7. The summed E-state index contributed by atoms with van der Waals surface area (Å²) in [6.45, 7) is 2.47. The number of aliphatic imine (C=N–C) groups is 1. The Morgan fingerprint density at radius 2 is 1.61 bits per heavy atom. The standard InChI is InChI=1S/C31H31N3O6S/c1-3-40-30(38)23-13-17-25(18-14-23)33-31-34(19-7-10-21-8-5-4-6-9-21)27(35)20-26(41-31)28(36)32-24-15-11-22(12-16-24)29(37)39-2/h4-6,8-9,11-18,26H,3,7,10,19-20H2,1-2H3,(H,32,36). The Morgan fingerprint density at radius 1 is 0.951 bits per heavy atom. The van der Waals surface area contributed by atoms with Gasteiger partial charge in [-0.3, -0.25) is 14.5 Å². The van der Waals surface area contributed by atoms with Crippen LogP contribution in [0.15, 0.2) is 83.9 Å². The van der Waals surface area contributed by atoms with Crippen molar-refractivity contribution in [2.45, 2.75) is 31.4 Å². The van der Waals surface area contributed by atoms with E-state index in [1.165, 1.54) is 24.4 Å². The molecule has 0 saturated carbocycles. The summed E-state index contributed by atoms with van der Waals surface area (Å²) in [6.07, 6.45) is 1.53. The van der Waals surface area contributed by atoms with Crippen LogP contribution in [0.25, 0.3) is 0 Å². The van der Waals surface area contributed by atoms with Gasteiger partial charge in [0.05, 0.1) is 30.5 Å². The van der Waals surface area contributed by atoms with Gasteiger partial charge in [0.2, 0.25) is 11.8 Å². The molecule has 3 aromatic rings. The number of ether oxygens (including phenoxy) is 2. The zero-order valence-electron chi connectivity index (χ0n) is 22.9. The van der Waals surface area contributed by atoms with Gasteiger partial charge in [-0.1, -0.05) is 42.1 Å². The molecule has 1 aliphatic heterocycles. The number of nitrogens with zero attached hydrogens (tertiary/aromatic N) is 2. The van der Waals surface area contributed by atoms with Crippen LogP contribution in [0, 0.1) is 0 Å². The smallest absolute Gasteiger partial charge is 0.338 e. The van der Waals surface area contributed by atoms with Crippen molar-refractivity contribution in [1.29, 1.82) is 0 Å². The summed E-state index contributed by atoms with van der Waals surface area (Å²) < 4.78 is 9.75. The quantitative estimate of drug-likeness (QED) is 0.330. The monoisotopic (exact) mass is 573 g/mol. The fraction of sp³-hybridized carbons (Fsp3) is 0.258. The number of carbonyl (C=O) groups excluding carboxylic acids is 4. The molecule has 3 aromatic carbocycles. The van der Waals surface area contributed by atoms with Crippen molar-refractivity contribution < 1.29 is 28.7 Å². The second-order valence-electron chi connectivity index (χ2n) is 9.17. The Hall–Kier alpha value is -4.44. The number of carbonyl (C=O) groups is 4. The minimum absolute atomic E-state index is 0.0168. The van der Waals surface area contributed by atoms with Crippen LogP contribution < -0.4 is 5.32 Å². The number of hydrogen-bond acceptors (Lipinski definition) is 8. The van der Waals surface area contributed by atoms with E-state index in [1.54, 1.807) is 60.4 Å². The van der Waals surface area contributed by atoms with Gasteiger partial charge in [0.1, 0.15) is 5.25 Å². The number of amidine groups is 1. The predicted molar refractivity (Wildman–Crippen MR) is 158 cm³/mol. The first-order valence-electron chi connectivity index (χ1n) is 13.2. The largest absolute Gasteiger partial charge is 0.465 e. The van der Waals surface area contributed by atoms with Gasteiger partial charge in [-0.25, -0.2) is 14.6 Å². The maximum atomic E-state index is 13.3. The highest BCUT2D eigenvalue weighted by atomic mass is 32.2. The molecule has 0 bridgehead atoms. The molecule has 1 unspecified atom stereocenters. The number of thioether (sulfide) groups is 1. The molecule has 0 spiro atoms. The van der Waals surface area contributed by atoms with Crippen LogP contribution in [0.5, 0.6) is 0 Å². The lowest BCUT2D eigenvalue weighted by atomic mass is 10.1. The molecule has 1 atom stereocenters. The summed E-state index contributed by atoms with van der Waals surface area (Å²) in [5.74, 6) is -1.43. The van der Waals surface area contributed by atoms with E-state index in [0.29, 0.717) is 34.2 Å². The molecule has 1 heterocycles. The number of benzene rings is 3. The first-order valence-corrected chi connectivity index (χ1v) is 14.1. The average molecular weight is 574 g/mol. The van der Waals surface area contributed by atoms with Crippen LogP contribution in [0.4, 0.5) is 11.4 Å². The zero-order chi connectivity index (χ0) is 29.2. The first kappa shape index (κ1) is 29.5. The molecule has 9 nitrogen and oxygen atoms in total. The van der Waals surface area contributed by atoms with Gasteiger partial charge in [-0.2, -0.15) is 0 Å². The molecule has 2 amide bonds. The lowest BCUT2D eigenvalue weighted by Crippen LogP contribution is -2.45. The van der Waals surface area contributed by atoms with Gasteiger partial charge in [0.25, 0.3) is 0 Å². The molecule has 0 radical (unpaired) electrons. The molecule has 1 fully saturated rings. The molecule has 212 valence electrons. The van der Waals surface area contributed by atoms with Crippen molar-refractivity contribution in [1.82, 2.24) is 4.90 Å². The summed E-state index contributed by atoms with van der Waals surface area (Å²) in [7, 11) is 1.30. The van der Waals surface area contributed by atoms with Gasteiger partial charge in [0, 0.05) is 18.7 Å².